The SMILES string of the molecule is C[C@@H]1CN(C(=O)[C@H](C)OC(=O)c2ccc(-c3ccccc3)cc2)C[C@@H](C)O1. The van der Waals surface area contributed by atoms with Gasteiger partial charge in [-0.05, 0) is 44.0 Å². The molecule has 2 aromatic carbocycles. The zero-order chi connectivity index (χ0) is 19.4. The molecule has 1 saturated heterocycles. The van der Waals surface area contributed by atoms with E-state index >= 15 is 0 Å². The average Bonchev–Trinajstić information content (AvgIpc) is 2.67. The monoisotopic (exact) mass is 367 g/mol. The van der Waals surface area contributed by atoms with Gasteiger partial charge in [0.15, 0.2) is 6.10 Å². The van der Waals surface area contributed by atoms with E-state index in [2.05, 4.69) is 0 Å². The van der Waals surface area contributed by atoms with Gasteiger partial charge in [0.1, 0.15) is 0 Å². The molecule has 5 nitrogen and oxygen atoms in total. The van der Waals surface area contributed by atoms with E-state index in [9.17, 15) is 9.59 Å². The number of benzene rings is 2. The number of rotatable bonds is 4. The lowest BCUT2D eigenvalue weighted by Gasteiger charge is -2.36. The van der Waals surface area contributed by atoms with Crippen LogP contribution in [0.15, 0.2) is 54.6 Å². The lowest BCUT2D eigenvalue weighted by molar-refractivity contribution is -0.151. The standard InChI is InChI=1S/C22H25NO4/c1-15-13-23(14-16(2)26-15)21(24)17(3)27-22(25)20-11-9-19(10-12-20)18-7-5-4-6-8-18/h4-12,15-17H,13-14H2,1-3H3/t15-,16-,17+/m1/s1. The van der Waals surface area contributed by atoms with Crippen LogP contribution in [0.25, 0.3) is 11.1 Å². The summed E-state index contributed by atoms with van der Waals surface area (Å²) in [6.45, 7) is 6.50. The number of hydrogen-bond acceptors (Lipinski definition) is 4. The molecule has 3 atom stereocenters. The summed E-state index contributed by atoms with van der Waals surface area (Å²) < 4.78 is 11.0. The van der Waals surface area contributed by atoms with Crippen molar-refractivity contribution >= 4 is 11.9 Å². The molecule has 0 bridgehead atoms. The normalized spacial score (nSPS) is 20.8. The van der Waals surface area contributed by atoms with Gasteiger partial charge in [-0.1, -0.05) is 42.5 Å². The number of nitrogens with zero attached hydrogens (tertiary/aromatic N) is 1. The maximum Gasteiger partial charge on any atom is 0.338 e. The first-order valence-corrected chi connectivity index (χ1v) is 9.24. The Balaban J connectivity index is 1.62. The number of hydrogen-bond donors (Lipinski definition) is 0. The highest BCUT2D eigenvalue weighted by Crippen LogP contribution is 2.20. The summed E-state index contributed by atoms with van der Waals surface area (Å²) in [5, 5.41) is 0. The zero-order valence-corrected chi connectivity index (χ0v) is 15.9. The second-order valence-electron chi connectivity index (χ2n) is 6.99. The minimum atomic E-state index is -0.830. The Bertz CT molecular complexity index is 778. The van der Waals surface area contributed by atoms with Crippen molar-refractivity contribution in [2.45, 2.75) is 39.1 Å². The van der Waals surface area contributed by atoms with E-state index < -0.39 is 12.1 Å². The fourth-order valence-electron chi connectivity index (χ4n) is 3.32. The Morgan fingerprint density at radius 1 is 0.963 bits per heavy atom. The van der Waals surface area contributed by atoms with Crippen LogP contribution < -0.4 is 0 Å². The fourth-order valence-corrected chi connectivity index (χ4v) is 3.32. The second kappa shape index (κ2) is 8.35. The summed E-state index contributed by atoms with van der Waals surface area (Å²) in [6.07, 6.45) is -0.874. The van der Waals surface area contributed by atoms with Crippen LogP contribution in [-0.2, 0) is 14.3 Å². The molecule has 0 aromatic heterocycles. The summed E-state index contributed by atoms with van der Waals surface area (Å²) in [7, 11) is 0. The molecular formula is C22H25NO4. The van der Waals surface area contributed by atoms with Crippen molar-refractivity contribution in [1.82, 2.24) is 4.90 Å². The third-order valence-corrected chi connectivity index (χ3v) is 4.59. The number of carbonyl (C=O) groups excluding carboxylic acids is 2. The summed E-state index contributed by atoms with van der Waals surface area (Å²) >= 11 is 0. The molecule has 2 aromatic rings. The first-order valence-electron chi connectivity index (χ1n) is 9.24. The van der Waals surface area contributed by atoms with Crippen LogP contribution >= 0.6 is 0 Å². The van der Waals surface area contributed by atoms with Crippen LogP contribution in [0.5, 0.6) is 0 Å². The van der Waals surface area contributed by atoms with Gasteiger partial charge in [-0.3, -0.25) is 4.79 Å². The Kier molecular flexibility index (Phi) is 5.91. The number of amides is 1. The molecule has 0 saturated carbocycles. The topological polar surface area (TPSA) is 55.8 Å². The van der Waals surface area contributed by atoms with E-state index in [1.165, 1.54) is 0 Å². The van der Waals surface area contributed by atoms with Crippen LogP contribution in [0.4, 0.5) is 0 Å². The lowest BCUT2D eigenvalue weighted by atomic mass is 10.0. The van der Waals surface area contributed by atoms with Gasteiger partial charge in [0, 0.05) is 13.1 Å². The summed E-state index contributed by atoms with van der Waals surface area (Å²) in [5.74, 6) is -0.684. The molecule has 0 radical (unpaired) electrons. The van der Waals surface area contributed by atoms with E-state index in [0.29, 0.717) is 18.7 Å². The number of ether oxygens (including phenoxy) is 2. The average molecular weight is 367 g/mol. The van der Waals surface area contributed by atoms with Gasteiger partial charge in [-0.2, -0.15) is 0 Å². The van der Waals surface area contributed by atoms with Crippen molar-refractivity contribution in [3.8, 4) is 11.1 Å². The highest BCUT2D eigenvalue weighted by Gasteiger charge is 2.30. The Labute approximate surface area is 159 Å². The highest BCUT2D eigenvalue weighted by atomic mass is 16.5. The summed E-state index contributed by atoms with van der Waals surface area (Å²) in [5.41, 5.74) is 2.53. The molecule has 1 aliphatic heterocycles. The van der Waals surface area contributed by atoms with Gasteiger partial charge in [-0.15, -0.1) is 0 Å². The quantitative estimate of drug-likeness (QED) is 0.776. The molecule has 1 fully saturated rings. The van der Waals surface area contributed by atoms with E-state index in [0.717, 1.165) is 11.1 Å². The molecule has 1 aliphatic rings. The highest BCUT2D eigenvalue weighted by molar-refractivity contribution is 5.92. The largest absolute Gasteiger partial charge is 0.449 e. The molecule has 142 valence electrons. The molecule has 5 heteroatoms. The molecule has 1 amide bonds. The third-order valence-electron chi connectivity index (χ3n) is 4.59. The lowest BCUT2D eigenvalue weighted by Crippen LogP contribution is -2.51. The maximum absolute atomic E-state index is 12.6. The van der Waals surface area contributed by atoms with E-state index in [4.69, 9.17) is 9.47 Å². The summed E-state index contributed by atoms with van der Waals surface area (Å²) in [4.78, 5) is 26.7. The molecule has 27 heavy (non-hydrogen) atoms. The predicted molar refractivity (Wildman–Crippen MR) is 103 cm³/mol. The van der Waals surface area contributed by atoms with Crippen molar-refractivity contribution in [3.63, 3.8) is 0 Å². The van der Waals surface area contributed by atoms with E-state index in [1.807, 2.05) is 56.3 Å². The Hall–Kier alpha value is -2.66. The van der Waals surface area contributed by atoms with Crippen LogP contribution in [0.1, 0.15) is 31.1 Å². The molecule has 0 N–H and O–H groups in total. The number of morpholine rings is 1. The van der Waals surface area contributed by atoms with Crippen LogP contribution in [0, 0.1) is 0 Å². The molecule has 1 heterocycles. The van der Waals surface area contributed by atoms with Gasteiger partial charge in [-0.25, -0.2) is 4.79 Å². The number of esters is 1. The third kappa shape index (κ3) is 4.74. The van der Waals surface area contributed by atoms with Crippen molar-refractivity contribution in [2.75, 3.05) is 13.1 Å². The second-order valence-corrected chi connectivity index (χ2v) is 6.99. The van der Waals surface area contributed by atoms with Gasteiger partial charge in [0.05, 0.1) is 17.8 Å². The van der Waals surface area contributed by atoms with Crippen molar-refractivity contribution in [3.05, 3.63) is 60.2 Å². The van der Waals surface area contributed by atoms with E-state index in [-0.39, 0.29) is 18.1 Å². The Morgan fingerprint density at radius 3 is 2.11 bits per heavy atom. The van der Waals surface area contributed by atoms with Crippen LogP contribution in [0.2, 0.25) is 0 Å². The molecule has 0 aliphatic carbocycles. The molecule has 0 spiro atoms. The number of carbonyl (C=O) groups is 2. The van der Waals surface area contributed by atoms with Crippen LogP contribution in [-0.4, -0.2) is 48.2 Å². The Morgan fingerprint density at radius 2 is 1.52 bits per heavy atom. The van der Waals surface area contributed by atoms with Gasteiger partial charge < -0.3 is 14.4 Å². The smallest absolute Gasteiger partial charge is 0.338 e. The first-order chi connectivity index (χ1) is 12.9. The minimum Gasteiger partial charge on any atom is -0.449 e. The summed E-state index contributed by atoms with van der Waals surface area (Å²) in [6, 6.07) is 17.1. The van der Waals surface area contributed by atoms with Crippen molar-refractivity contribution < 1.29 is 19.1 Å². The zero-order valence-electron chi connectivity index (χ0n) is 15.9. The molecule has 3 rings (SSSR count). The van der Waals surface area contributed by atoms with E-state index in [1.54, 1.807) is 24.0 Å². The van der Waals surface area contributed by atoms with Crippen molar-refractivity contribution in [1.29, 1.82) is 0 Å². The molecular weight excluding hydrogens is 342 g/mol. The van der Waals surface area contributed by atoms with Gasteiger partial charge >= 0.3 is 5.97 Å². The van der Waals surface area contributed by atoms with Crippen LogP contribution in [0.3, 0.4) is 0 Å². The first kappa shape index (κ1) is 19.1. The predicted octanol–water partition coefficient (Wildman–Crippen LogP) is 3.53. The minimum absolute atomic E-state index is 0.0221. The maximum atomic E-state index is 12.6. The molecule has 0 unspecified atom stereocenters. The van der Waals surface area contributed by atoms with Gasteiger partial charge in [0.25, 0.3) is 5.91 Å². The van der Waals surface area contributed by atoms with Gasteiger partial charge in [0.2, 0.25) is 0 Å². The van der Waals surface area contributed by atoms with Crippen molar-refractivity contribution in [2.24, 2.45) is 0 Å². The fraction of sp³-hybridized carbons (Fsp3) is 0.364.